The molecule has 1 atom stereocenters. The summed E-state index contributed by atoms with van der Waals surface area (Å²) in [6, 6.07) is 19.0. The zero-order chi connectivity index (χ0) is 14.0. The average molecular weight is 264 g/mol. The van der Waals surface area contributed by atoms with Crippen molar-refractivity contribution in [3.8, 4) is 0 Å². The molecule has 1 aliphatic heterocycles. The highest BCUT2D eigenvalue weighted by atomic mass is 16.5. The monoisotopic (exact) mass is 264 g/mol. The van der Waals surface area contributed by atoms with Crippen molar-refractivity contribution in [3.05, 3.63) is 77.4 Å². The van der Waals surface area contributed by atoms with Gasteiger partial charge in [-0.2, -0.15) is 0 Å². The van der Waals surface area contributed by atoms with Gasteiger partial charge in [0.25, 0.3) is 0 Å². The minimum Gasteiger partial charge on any atom is -0.478 e. The van der Waals surface area contributed by atoms with Gasteiger partial charge in [0.15, 0.2) is 5.60 Å². The van der Waals surface area contributed by atoms with Crippen LogP contribution in [0.3, 0.4) is 0 Å². The van der Waals surface area contributed by atoms with Gasteiger partial charge in [-0.15, -0.1) is 0 Å². The zero-order valence-electron chi connectivity index (χ0n) is 12.1. The second-order valence-electron chi connectivity index (χ2n) is 5.40. The Kier molecular flexibility index (Phi) is 3.35. The number of hydrogen-bond acceptors (Lipinski definition) is 1. The molecule has 0 amide bonds. The molecule has 0 aromatic heterocycles. The third-order valence-electron chi connectivity index (χ3n) is 3.96. The van der Waals surface area contributed by atoms with Crippen molar-refractivity contribution in [2.45, 2.75) is 32.3 Å². The molecule has 0 bridgehead atoms. The van der Waals surface area contributed by atoms with Crippen LogP contribution in [-0.2, 0) is 10.3 Å². The summed E-state index contributed by atoms with van der Waals surface area (Å²) < 4.78 is 6.37. The Hall–Kier alpha value is -2.02. The summed E-state index contributed by atoms with van der Waals surface area (Å²) in [7, 11) is 0. The first-order chi connectivity index (χ1) is 9.75. The summed E-state index contributed by atoms with van der Waals surface area (Å²) in [6.07, 6.45) is 4.40. The van der Waals surface area contributed by atoms with Crippen molar-refractivity contribution in [2.24, 2.45) is 0 Å². The number of unbranched alkanes of at least 4 members (excludes halogenated alkanes) is 1. The smallest absolute Gasteiger partial charge is 0.157 e. The molecule has 2 aromatic carbocycles. The third kappa shape index (κ3) is 2.03. The molecule has 0 N–H and O–H groups in total. The molecule has 0 aliphatic carbocycles. The number of hydrogen-bond donors (Lipinski definition) is 0. The van der Waals surface area contributed by atoms with Gasteiger partial charge in [-0.05, 0) is 25.0 Å². The lowest BCUT2D eigenvalue weighted by atomic mass is 9.87. The SMILES string of the molecule is CCC/C=C1\OC(C)(c2ccccc2)c2ccccc21. The van der Waals surface area contributed by atoms with Crippen LogP contribution in [0.5, 0.6) is 0 Å². The molecule has 1 heterocycles. The van der Waals surface area contributed by atoms with E-state index in [0.717, 1.165) is 18.6 Å². The maximum absolute atomic E-state index is 6.37. The fraction of sp³-hybridized carbons (Fsp3) is 0.263. The van der Waals surface area contributed by atoms with E-state index in [9.17, 15) is 0 Å². The lowest BCUT2D eigenvalue weighted by molar-refractivity contribution is 0.115. The third-order valence-corrected chi connectivity index (χ3v) is 3.96. The van der Waals surface area contributed by atoms with Gasteiger partial charge in [0.1, 0.15) is 5.76 Å². The largest absolute Gasteiger partial charge is 0.478 e. The zero-order valence-corrected chi connectivity index (χ0v) is 12.1. The first kappa shape index (κ1) is 13.0. The maximum atomic E-state index is 6.37. The van der Waals surface area contributed by atoms with Gasteiger partial charge in [-0.25, -0.2) is 0 Å². The maximum Gasteiger partial charge on any atom is 0.157 e. The lowest BCUT2D eigenvalue weighted by Gasteiger charge is -2.25. The molecule has 102 valence electrons. The highest BCUT2D eigenvalue weighted by molar-refractivity contribution is 5.70. The first-order valence-corrected chi connectivity index (χ1v) is 7.30. The molecule has 1 nitrogen and oxygen atoms in total. The van der Waals surface area contributed by atoms with E-state index < -0.39 is 0 Å². The Morgan fingerprint density at radius 1 is 1.00 bits per heavy atom. The highest BCUT2D eigenvalue weighted by Crippen LogP contribution is 2.46. The van der Waals surface area contributed by atoms with E-state index in [1.54, 1.807) is 0 Å². The van der Waals surface area contributed by atoms with Crippen molar-refractivity contribution in [1.82, 2.24) is 0 Å². The topological polar surface area (TPSA) is 9.23 Å². The van der Waals surface area contributed by atoms with E-state index in [0.29, 0.717) is 0 Å². The summed E-state index contributed by atoms with van der Waals surface area (Å²) in [5, 5.41) is 0. The molecule has 1 aliphatic rings. The van der Waals surface area contributed by atoms with Gasteiger partial charge >= 0.3 is 0 Å². The molecular formula is C19H20O. The van der Waals surface area contributed by atoms with Gasteiger partial charge in [0.2, 0.25) is 0 Å². The van der Waals surface area contributed by atoms with E-state index in [4.69, 9.17) is 4.74 Å². The van der Waals surface area contributed by atoms with Crippen molar-refractivity contribution in [2.75, 3.05) is 0 Å². The Labute approximate surface area is 120 Å². The van der Waals surface area contributed by atoms with Crippen LogP contribution >= 0.6 is 0 Å². The highest BCUT2D eigenvalue weighted by Gasteiger charge is 2.40. The van der Waals surface area contributed by atoms with Crippen LogP contribution < -0.4 is 0 Å². The van der Waals surface area contributed by atoms with Crippen LogP contribution in [0.25, 0.3) is 5.76 Å². The number of allylic oxidation sites excluding steroid dienone is 1. The van der Waals surface area contributed by atoms with Gasteiger partial charge in [0.05, 0.1) is 0 Å². The Balaban J connectivity index is 2.12. The predicted octanol–water partition coefficient (Wildman–Crippen LogP) is 5.12. The number of rotatable bonds is 3. The molecule has 1 heteroatoms. The number of fused-ring (bicyclic) bond motifs is 1. The normalized spacial score (nSPS) is 22.6. The van der Waals surface area contributed by atoms with Crippen LogP contribution in [0.1, 0.15) is 43.4 Å². The standard InChI is InChI=1S/C19H20O/c1-3-4-14-18-16-12-8-9-13-17(16)19(2,20-18)15-10-6-5-7-11-15/h5-14H,3-4H2,1-2H3/b18-14-. The van der Waals surface area contributed by atoms with E-state index in [1.807, 2.05) is 6.07 Å². The molecule has 3 rings (SSSR count). The molecule has 0 saturated carbocycles. The second-order valence-corrected chi connectivity index (χ2v) is 5.40. The minimum absolute atomic E-state index is 0.378. The number of ether oxygens (including phenoxy) is 1. The molecule has 1 unspecified atom stereocenters. The summed E-state index contributed by atoms with van der Waals surface area (Å²) in [5.74, 6) is 1.02. The second kappa shape index (κ2) is 5.16. The van der Waals surface area contributed by atoms with Gasteiger partial charge in [-0.1, -0.05) is 67.9 Å². The van der Waals surface area contributed by atoms with Crippen LogP contribution in [0.2, 0.25) is 0 Å². The molecular weight excluding hydrogens is 244 g/mol. The van der Waals surface area contributed by atoms with Crippen LogP contribution in [0, 0.1) is 0 Å². The first-order valence-electron chi connectivity index (χ1n) is 7.30. The molecule has 0 saturated heterocycles. The lowest BCUT2D eigenvalue weighted by Crippen LogP contribution is -2.21. The van der Waals surface area contributed by atoms with Gasteiger partial charge < -0.3 is 4.74 Å². The molecule has 0 radical (unpaired) electrons. The Bertz CT molecular complexity index is 627. The van der Waals surface area contributed by atoms with Gasteiger partial charge in [0, 0.05) is 11.1 Å². The molecule has 0 fully saturated rings. The summed E-state index contributed by atoms with van der Waals surface area (Å²) in [5.41, 5.74) is 3.31. The molecule has 20 heavy (non-hydrogen) atoms. The van der Waals surface area contributed by atoms with E-state index in [2.05, 4.69) is 68.5 Å². The van der Waals surface area contributed by atoms with Crippen LogP contribution in [0.15, 0.2) is 60.7 Å². The summed E-state index contributed by atoms with van der Waals surface area (Å²) in [4.78, 5) is 0. The van der Waals surface area contributed by atoms with Crippen LogP contribution in [0.4, 0.5) is 0 Å². The molecule has 2 aromatic rings. The Morgan fingerprint density at radius 2 is 1.70 bits per heavy atom. The van der Waals surface area contributed by atoms with Gasteiger partial charge in [-0.3, -0.25) is 0 Å². The number of benzene rings is 2. The fourth-order valence-corrected chi connectivity index (χ4v) is 2.84. The minimum atomic E-state index is -0.378. The van der Waals surface area contributed by atoms with Crippen molar-refractivity contribution < 1.29 is 4.74 Å². The quantitative estimate of drug-likeness (QED) is 0.747. The van der Waals surface area contributed by atoms with E-state index in [1.165, 1.54) is 16.7 Å². The Morgan fingerprint density at radius 3 is 2.45 bits per heavy atom. The summed E-state index contributed by atoms with van der Waals surface area (Å²) >= 11 is 0. The fourth-order valence-electron chi connectivity index (χ4n) is 2.84. The van der Waals surface area contributed by atoms with Crippen molar-refractivity contribution in [1.29, 1.82) is 0 Å². The van der Waals surface area contributed by atoms with Crippen LogP contribution in [-0.4, -0.2) is 0 Å². The van der Waals surface area contributed by atoms with E-state index >= 15 is 0 Å². The van der Waals surface area contributed by atoms with Crippen molar-refractivity contribution in [3.63, 3.8) is 0 Å². The van der Waals surface area contributed by atoms with Crippen molar-refractivity contribution >= 4 is 5.76 Å². The van der Waals surface area contributed by atoms with E-state index in [-0.39, 0.29) is 5.60 Å². The average Bonchev–Trinajstić information content (AvgIpc) is 2.81. The summed E-state index contributed by atoms with van der Waals surface area (Å²) in [6.45, 7) is 4.35. The molecule has 0 spiro atoms. The predicted molar refractivity (Wildman–Crippen MR) is 83.3 cm³/mol.